The Morgan fingerprint density at radius 2 is 1.59 bits per heavy atom. The van der Waals surface area contributed by atoms with Crippen molar-refractivity contribution in [3.63, 3.8) is 0 Å². The van der Waals surface area contributed by atoms with Crippen LogP contribution in [0, 0.1) is 6.92 Å². The summed E-state index contributed by atoms with van der Waals surface area (Å²) in [6.45, 7) is 10.4. The number of piperazine rings is 1. The number of ether oxygens (including phenoxy) is 2. The molecule has 1 saturated heterocycles. The van der Waals surface area contributed by atoms with Gasteiger partial charge < -0.3 is 19.3 Å². The summed E-state index contributed by atoms with van der Waals surface area (Å²) in [4.78, 5) is 21.4. The molecule has 1 aliphatic rings. The first-order valence-corrected chi connectivity index (χ1v) is 12.6. The molecule has 0 aliphatic carbocycles. The van der Waals surface area contributed by atoms with Gasteiger partial charge in [0.1, 0.15) is 11.4 Å². The summed E-state index contributed by atoms with van der Waals surface area (Å²) in [6.07, 6.45) is -0.247. The molecule has 5 rings (SSSR count). The monoisotopic (exact) mass is 499 g/mol. The summed E-state index contributed by atoms with van der Waals surface area (Å²) < 4.78 is 13.1. The Hall–Kier alpha value is -4.07. The van der Waals surface area contributed by atoms with Crippen LogP contribution >= 0.6 is 0 Å². The van der Waals surface area contributed by atoms with E-state index < -0.39 is 5.60 Å². The van der Waals surface area contributed by atoms with Gasteiger partial charge in [-0.25, -0.2) is 14.5 Å². The molecule has 3 heterocycles. The first-order chi connectivity index (χ1) is 17.7. The fourth-order valence-corrected chi connectivity index (χ4v) is 4.62. The van der Waals surface area contributed by atoms with Crippen LogP contribution in [-0.4, -0.2) is 64.6 Å². The Bertz CT molecular complexity index is 1400. The number of aromatic nitrogens is 3. The second kappa shape index (κ2) is 9.76. The van der Waals surface area contributed by atoms with E-state index in [1.165, 1.54) is 0 Å². The lowest BCUT2D eigenvalue weighted by molar-refractivity contribution is 0.0240. The number of amides is 1. The van der Waals surface area contributed by atoms with Crippen molar-refractivity contribution >= 4 is 22.8 Å². The second-order valence-electron chi connectivity index (χ2n) is 10.2. The number of para-hydroxylation sites is 1. The van der Waals surface area contributed by atoms with Crippen LogP contribution in [0.4, 0.5) is 10.5 Å². The fraction of sp³-hybridized carbons (Fsp3) is 0.345. The van der Waals surface area contributed by atoms with Crippen LogP contribution in [-0.2, 0) is 4.74 Å². The molecule has 2 aromatic heterocycles. The molecule has 0 atom stereocenters. The number of hydrogen-bond donors (Lipinski definition) is 0. The topological polar surface area (TPSA) is 72.7 Å². The van der Waals surface area contributed by atoms with E-state index in [-0.39, 0.29) is 6.09 Å². The molecule has 0 radical (unpaired) electrons. The average molecular weight is 500 g/mol. The van der Waals surface area contributed by atoms with E-state index in [4.69, 9.17) is 19.6 Å². The second-order valence-corrected chi connectivity index (χ2v) is 10.2. The third kappa shape index (κ3) is 5.09. The highest BCUT2D eigenvalue weighted by atomic mass is 16.6. The van der Waals surface area contributed by atoms with Crippen LogP contribution in [0.5, 0.6) is 5.75 Å². The molecule has 0 unspecified atom stereocenters. The quantitative estimate of drug-likeness (QED) is 0.371. The lowest BCUT2D eigenvalue weighted by Gasteiger charge is -2.36. The fourth-order valence-electron chi connectivity index (χ4n) is 4.62. The number of methoxy groups -OCH3 is 1. The lowest BCUT2D eigenvalue weighted by atomic mass is 10.1. The molecule has 37 heavy (non-hydrogen) atoms. The van der Waals surface area contributed by atoms with Gasteiger partial charge in [0.15, 0.2) is 5.65 Å². The van der Waals surface area contributed by atoms with Gasteiger partial charge in [0.25, 0.3) is 0 Å². The minimum atomic E-state index is -0.485. The molecule has 192 valence electrons. The molecule has 1 amide bonds. The number of carbonyl (C=O) groups excluding carboxylic acids is 1. The van der Waals surface area contributed by atoms with Crippen molar-refractivity contribution in [2.45, 2.75) is 33.3 Å². The summed E-state index contributed by atoms with van der Waals surface area (Å²) >= 11 is 0. The summed E-state index contributed by atoms with van der Waals surface area (Å²) in [7, 11) is 1.68. The molecule has 2 aromatic carbocycles. The highest BCUT2D eigenvalue weighted by Crippen LogP contribution is 2.34. The van der Waals surface area contributed by atoms with E-state index >= 15 is 0 Å². The number of rotatable bonds is 4. The standard InChI is InChI=1S/C29H33N5O3/c1-20-26-25(36-5)19-24(30-27(26)34(31-20)23-9-7-6-8-10-23)21-11-13-22(14-12-21)32-15-17-33(18-16-32)28(35)37-29(2,3)4/h6-14,19H,15-18H2,1-5H3. The van der Waals surface area contributed by atoms with E-state index in [2.05, 4.69) is 29.2 Å². The molecule has 0 saturated carbocycles. The van der Waals surface area contributed by atoms with Gasteiger partial charge in [0.05, 0.1) is 29.6 Å². The molecule has 4 aromatic rings. The third-order valence-electron chi connectivity index (χ3n) is 6.46. The van der Waals surface area contributed by atoms with Gasteiger partial charge in [0.2, 0.25) is 0 Å². The zero-order valence-corrected chi connectivity index (χ0v) is 22.1. The number of aryl methyl sites for hydroxylation is 1. The van der Waals surface area contributed by atoms with Crippen molar-refractivity contribution in [3.8, 4) is 22.7 Å². The van der Waals surface area contributed by atoms with Crippen molar-refractivity contribution in [2.24, 2.45) is 0 Å². The highest BCUT2D eigenvalue weighted by molar-refractivity contribution is 5.89. The van der Waals surface area contributed by atoms with E-state index in [9.17, 15) is 4.79 Å². The van der Waals surface area contributed by atoms with E-state index in [1.807, 2.05) is 68.8 Å². The minimum absolute atomic E-state index is 0.247. The highest BCUT2D eigenvalue weighted by Gasteiger charge is 2.26. The third-order valence-corrected chi connectivity index (χ3v) is 6.46. The first kappa shape index (κ1) is 24.6. The molecular weight excluding hydrogens is 466 g/mol. The number of hydrogen-bond acceptors (Lipinski definition) is 6. The predicted octanol–water partition coefficient (Wildman–Crippen LogP) is 5.46. The van der Waals surface area contributed by atoms with Crippen molar-refractivity contribution in [3.05, 3.63) is 66.4 Å². The van der Waals surface area contributed by atoms with Gasteiger partial charge in [-0.15, -0.1) is 0 Å². The molecule has 0 N–H and O–H groups in total. The minimum Gasteiger partial charge on any atom is -0.496 e. The van der Waals surface area contributed by atoms with Gasteiger partial charge in [-0.3, -0.25) is 0 Å². The predicted molar refractivity (Wildman–Crippen MR) is 146 cm³/mol. The lowest BCUT2D eigenvalue weighted by Crippen LogP contribution is -2.50. The summed E-state index contributed by atoms with van der Waals surface area (Å²) in [5.74, 6) is 0.752. The van der Waals surface area contributed by atoms with E-state index in [1.54, 1.807) is 12.0 Å². The van der Waals surface area contributed by atoms with Gasteiger partial charge in [-0.1, -0.05) is 30.3 Å². The van der Waals surface area contributed by atoms with Crippen LogP contribution in [0.3, 0.4) is 0 Å². The number of anilines is 1. The number of fused-ring (bicyclic) bond motifs is 1. The summed E-state index contributed by atoms with van der Waals surface area (Å²) in [5, 5.41) is 5.66. The van der Waals surface area contributed by atoms with E-state index in [0.717, 1.165) is 58.2 Å². The molecule has 8 heteroatoms. The van der Waals surface area contributed by atoms with Gasteiger partial charge >= 0.3 is 6.09 Å². The molecule has 1 fully saturated rings. The molecule has 1 aliphatic heterocycles. The smallest absolute Gasteiger partial charge is 0.410 e. The van der Waals surface area contributed by atoms with Crippen LogP contribution in [0.2, 0.25) is 0 Å². The Kier molecular flexibility index (Phi) is 6.50. The van der Waals surface area contributed by atoms with Crippen molar-refractivity contribution in [1.29, 1.82) is 0 Å². The maximum absolute atomic E-state index is 12.4. The van der Waals surface area contributed by atoms with Gasteiger partial charge in [-0.05, 0) is 52.0 Å². The van der Waals surface area contributed by atoms with Crippen LogP contribution in [0.15, 0.2) is 60.7 Å². The molecular formula is C29H33N5O3. The number of nitrogens with zero attached hydrogens (tertiary/aromatic N) is 5. The first-order valence-electron chi connectivity index (χ1n) is 12.6. The number of benzene rings is 2. The number of carbonyl (C=O) groups is 1. The maximum atomic E-state index is 12.4. The molecule has 0 bridgehead atoms. The Morgan fingerprint density at radius 3 is 2.22 bits per heavy atom. The van der Waals surface area contributed by atoms with Crippen LogP contribution in [0.1, 0.15) is 26.5 Å². The SMILES string of the molecule is COc1cc(-c2ccc(N3CCN(C(=O)OC(C)(C)C)CC3)cc2)nc2c1c(C)nn2-c1ccccc1. The van der Waals surface area contributed by atoms with Crippen LogP contribution < -0.4 is 9.64 Å². The van der Waals surface area contributed by atoms with Crippen molar-refractivity contribution < 1.29 is 14.3 Å². The van der Waals surface area contributed by atoms with Gasteiger partial charge in [-0.2, -0.15) is 5.10 Å². The summed E-state index contributed by atoms with van der Waals surface area (Å²) in [5.41, 5.74) is 5.04. The largest absolute Gasteiger partial charge is 0.496 e. The van der Waals surface area contributed by atoms with Crippen LogP contribution in [0.25, 0.3) is 28.0 Å². The van der Waals surface area contributed by atoms with Crippen molar-refractivity contribution in [1.82, 2.24) is 19.7 Å². The Balaban J connectivity index is 1.38. The average Bonchev–Trinajstić information content (AvgIpc) is 3.24. The molecule has 0 spiro atoms. The summed E-state index contributed by atoms with van der Waals surface area (Å²) in [6, 6.07) is 20.4. The normalized spacial score (nSPS) is 14.2. The molecule has 8 nitrogen and oxygen atoms in total. The maximum Gasteiger partial charge on any atom is 0.410 e. The van der Waals surface area contributed by atoms with E-state index in [0.29, 0.717) is 13.1 Å². The zero-order chi connectivity index (χ0) is 26.2. The zero-order valence-electron chi connectivity index (χ0n) is 22.1. The Labute approximate surface area is 217 Å². The number of pyridine rings is 1. The Morgan fingerprint density at radius 1 is 0.919 bits per heavy atom. The van der Waals surface area contributed by atoms with Crippen molar-refractivity contribution in [2.75, 3.05) is 38.2 Å². The van der Waals surface area contributed by atoms with Gasteiger partial charge in [0, 0.05) is 43.5 Å².